The zero-order chi connectivity index (χ0) is 13.3. The van der Waals surface area contributed by atoms with Crippen LogP contribution in [0.1, 0.15) is 44.1 Å². The summed E-state index contributed by atoms with van der Waals surface area (Å²) in [4.78, 5) is 2.55. The molecule has 1 aliphatic rings. The van der Waals surface area contributed by atoms with E-state index in [0.717, 1.165) is 6.54 Å². The zero-order valence-corrected chi connectivity index (χ0v) is 12.3. The Morgan fingerprint density at radius 1 is 0.947 bits per heavy atom. The predicted molar refractivity (Wildman–Crippen MR) is 84.0 cm³/mol. The molecule has 0 bridgehead atoms. The molecule has 1 N–H and O–H groups in total. The topological polar surface area (TPSA) is 15.3 Å². The van der Waals surface area contributed by atoms with Crippen molar-refractivity contribution in [2.24, 2.45) is 0 Å². The molecule has 1 fully saturated rings. The molecule has 2 heteroatoms. The van der Waals surface area contributed by atoms with Crippen LogP contribution in [0.15, 0.2) is 24.3 Å². The molecule has 2 nitrogen and oxygen atoms in total. The van der Waals surface area contributed by atoms with Gasteiger partial charge in [-0.1, -0.05) is 25.0 Å². The Labute approximate surface area is 118 Å². The number of hydrogen-bond donors (Lipinski definition) is 1. The summed E-state index contributed by atoms with van der Waals surface area (Å²) in [6.45, 7) is 3.61. The molecule has 0 spiro atoms. The maximum Gasteiger partial charge on any atom is 0.0366 e. The number of benzene rings is 1. The van der Waals surface area contributed by atoms with Crippen LogP contribution >= 0.6 is 0 Å². The van der Waals surface area contributed by atoms with Gasteiger partial charge in [-0.2, -0.15) is 0 Å². The number of hydrogen-bond acceptors (Lipinski definition) is 2. The van der Waals surface area contributed by atoms with E-state index >= 15 is 0 Å². The molecule has 1 aliphatic heterocycles. The fourth-order valence-electron chi connectivity index (χ4n) is 2.83. The number of nitrogens with one attached hydrogen (secondary N) is 1. The molecule has 19 heavy (non-hydrogen) atoms. The summed E-state index contributed by atoms with van der Waals surface area (Å²) in [6, 6.07) is 9.27. The van der Waals surface area contributed by atoms with E-state index in [0.29, 0.717) is 0 Å². The van der Waals surface area contributed by atoms with Crippen molar-refractivity contribution in [2.75, 3.05) is 31.6 Å². The van der Waals surface area contributed by atoms with Crippen LogP contribution in [0.2, 0.25) is 0 Å². The molecular formula is C17H28N2. The molecule has 106 valence electrons. The van der Waals surface area contributed by atoms with Crippen LogP contribution in [0.5, 0.6) is 0 Å². The van der Waals surface area contributed by atoms with E-state index < -0.39 is 0 Å². The lowest BCUT2D eigenvalue weighted by Gasteiger charge is -2.22. The average Bonchev–Trinajstić information content (AvgIpc) is 2.73. The minimum atomic E-state index is 1.13. The first kappa shape index (κ1) is 14.4. The first-order valence-corrected chi connectivity index (χ1v) is 7.88. The van der Waals surface area contributed by atoms with E-state index in [1.165, 1.54) is 69.3 Å². The lowest BCUT2D eigenvalue weighted by molar-refractivity contribution is 0.677. The molecule has 1 aromatic carbocycles. The third-order valence-electron chi connectivity index (χ3n) is 4.05. The second kappa shape index (κ2) is 8.21. The van der Waals surface area contributed by atoms with E-state index in [9.17, 15) is 0 Å². The standard InChI is InChI=1S/C17H28N2/c1-18-13-5-4-8-16-9-11-17(12-10-16)19-14-6-2-3-7-15-19/h9-12,18H,2-8,13-15H2,1H3. The molecular weight excluding hydrogens is 232 g/mol. The van der Waals surface area contributed by atoms with Crippen LogP contribution in [0, 0.1) is 0 Å². The van der Waals surface area contributed by atoms with Gasteiger partial charge in [0.25, 0.3) is 0 Å². The number of unbranched alkanes of at least 4 members (excludes halogenated alkanes) is 1. The number of nitrogens with zero attached hydrogens (tertiary/aromatic N) is 1. The molecule has 0 aromatic heterocycles. The van der Waals surface area contributed by atoms with Crippen molar-refractivity contribution in [3.05, 3.63) is 29.8 Å². The SMILES string of the molecule is CNCCCCc1ccc(N2CCCCCC2)cc1. The van der Waals surface area contributed by atoms with Crippen LogP contribution in [0.3, 0.4) is 0 Å². The van der Waals surface area contributed by atoms with Gasteiger partial charge in [0.15, 0.2) is 0 Å². The average molecular weight is 260 g/mol. The maximum absolute atomic E-state index is 3.21. The van der Waals surface area contributed by atoms with Gasteiger partial charge in [-0.3, -0.25) is 0 Å². The lowest BCUT2D eigenvalue weighted by atomic mass is 10.1. The van der Waals surface area contributed by atoms with Crippen molar-refractivity contribution in [1.82, 2.24) is 5.32 Å². The summed E-state index contributed by atoms with van der Waals surface area (Å²) in [7, 11) is 2.02. The van der Waals surface area contributed by atoms with Gasteiger partial charge in [0.05, 0.1) is 0 Å². The lowest BCUT2D eigenvalue weighted by Crippen LogP contribution is -2.23. The summed E-state index contributed by atoms with van der Waals surface area (Å²) in [6.07, 6.45) is 9.27. The monoisotopic (exact) mass is 260 g/mol. The largest absolute Gasteiger partial charge is 0.372 e. The third kappa shape index (κ3) is 4.87. The molecule has 0 unspecified atom stereocenters. The van der Waals surface area contributed by atoms with Crippen LogP contribution in [0.25, 0.3) is 0 Å². The first-order chi connectivity index (χ1) is 9.40. The molecule has 0 amide bonds. The van der Waals surface area contributed by atoms with Crippen molar-refractivity contribution >= 4 is 5.69 Å². The van der Waals surface area contributed by atoms with Gasteiger partial charge >= 0.3 is 0 Å². The highest BCUT2D eigenvalue weighted by Crippen LogP contribution is 2.20. The molecule has 1 aromatic rings. The van der Waals surface area contributed by atoms with E-state index in [1.807, 2.05) is 7.05 Å². The summed E-state index contributed by atoms with van der Waals surface area (Å²) in [5, 5.41) is 3.21. The Kier molecular flexibility index (Phi) is 6.22. The molecule has 0 saturated carbocycles. The van der Waals surface area contributed by atoms with Crippen molar-refractivity contribution in [2.45, 2.75) is 44.9 Å². The summed E-state index contributed by atoms with van der Waals surface area (Å²) in [5.74, 6) is 0. The second-order valence-corrected chi connectivity index (χ2v) is 5.63. The minimum absolute atomic E-state index is 1.13. The van der Waals surface area contributed by atoms with Gasteiger partial charge in [0.1, 0.15) is 0 Å². The fraction of sp³-hybridized carbons (Fsp3) is 0.647. The number of aryl methyl sites for hydroxylation is 1. The van der Waals surface area contributed by atoms with Gasteiger partial charge in [-0.15, -0.1) is 0 Å². The van der Waals surface area contributed by atoms with E-state index in [-0.39, 0.29) is 0 Å². The van der Waals surface area contributed by atoms with Crippen molar-refractivity contribution in [1.29, 1.82) is 0 Å². The van der Waals surface area contributed by atoms with Crippen LogP contribution in [-0.2, 0) is 6.42 Å². The maximum atomic E-state index is 3.21. The molecule has 0 radical (unpaired) electrons. The van der Waals surface area contributed by atoms with E-state index in [1.54, 1.807) is 0 Å². The first-order valence-electron chi connectivity index (χ1n) is 7.88. The van der Waals surface area contributed by atoms with Gasteiger partial charge < -0.3 is 10.2 Å². The van der Waals surface area contributed by atoms with Gasteiger partial charge in [0.2, 0.25) is 0 Å². The molecule has 1 saturated heterocycles. The molecule has 0 atom stereocenters. The van der Waals surface area contributed by atoms with Crippen LogP contribution < -0.4 is 10.2 Å². The molecule has 1 heterocycles. The Bertz CT molecular complexity index is 337. The Balaban J connectivity index is 1.83. The van der Waals surface area contributed by atoms with Crippen molar-refractivity contribution in [3.63, 3.8) is 0 Å². The smallest absolute Gasteiger partial charge is 0.0366 e. The highest BCUT2D eigenvalue weighted by Gasteiger charge is 2.09. The summed E-state index contributed by atoms with van der Waals surface area (Å²) < 4.78 is 0. The molecule has 2 rings (SSSR count). The summed E-state index contributed by atoms with van der Waals surface area (Å²) in [5.41, 5.74) is 2.90. The van der Waals surface area contributed by atoms with Crippen LogP contribution in [0.4, 0.5) is 5.69 Å². The highest BCUT2D eigenvalue weighted by atomic mass is 15.1. The van der Waals surface area contributed by atoms with E-state index in [4.69, 9.17) is 0 Å². The zero-order valence-electron chi connectivity index (χ0n) is 12.3. The minimum Gasteiger partial charge on any atom is -0.372 e. The van der Waals surface area contributed by atoms with Gasteiger partial charge in [-0.05, 0) is 63.4 Å². The summed E-state index contributed by atoms with van der Waals surface area (Å²) >= 11 is 0. The number of anilines is 1. The molecule has 0 aliphatic carbocycles. The second-order valence-electron chi connectivity index (χ2n) is 5.63. The number of rotatable bonds is 6. The van der Waals surface area contributed by atoms with Gasteiger partial charge in [-0.25, -0.2) is 0 Å². The fourth-order valence-corrected chi connectivity index (χ4v) is 2.83. The Morgan fingerprint density at radius 2 is 1.63 bits per heavy atom. The normalized spacial score (nSPS) is 16.4. The van der Waals surface area contributed by atoms with Crippen LogP contribution in [-0.4, -0.2) is 26.7 Å². The van der Waals surface area contributed by atoms with Gasteiger partial charge in [0, 0.05) is 18.8 Å². The van der Waals surface area contributed by atoms with Crippen molar-refractivity contribution < 1.29 is 0 Å². The Hall–Kier alpha value is -1.02. The third-order valence-corrected chi connectivity index (χ3v) is 4.05. The predicted octanol–water partition coefficient (Wildman–Crippen LogP) is 3.61. The van der Waals surface area contributed by atoms with Crippen molar-refractivity contribution in [3.8, 4) is 0 Å². The van der Waals surface area contributed by atoms with E-state index in [2.05, 4.69) is 34.5 Å². The Morgan fingerprint density at radius 3 is 2.26 bits per heavy atom. The quantitative estimate of drug-likeness (QED) is 0.786. The highest BCUT2D eigenvalue weighted by molar-refractivity contribution is 5.47.